The molecule has 0 fully saturated rings. The van der Waals surface area contributed by atoms with Crippen LogP contribution >= 0.6 is 0 Å². The second-order valence-corrected chi connectivity index (χ2v) is 11.6. The van der Waals surface area contributed by atoms with Crippen molar-refractivity contribution in [2.45, 2.75) is 0 Å². The van der Waals surface area contributed by atoms with Crippen molar-refractivity contribution in [1.82, 2.24) is 4.98 Å². The highest BCUT2D eigenvalue weighted by Crippen LogP contribution is 2.39. The first-order valence-corrected chi connectivity index (χ1v) is 15.1. The van der Waals surface area contributed by atoms with Crippen LogP contribution in [0.25, 0.3) is 87.5 Å². The molecule has 9 rings (SSSR count). The van der Waals surface area contributed by atoms with Crippen LogP contribution in [0.15, 0.2) is 164 Å². The largest absolute Gasteiger partial charge is 0.248 e. The minimum absolute atomic E-state index is 0.980. The van der Waals surface area contributed by atoms with Crippen molar-refractivity contribution in [2.75, 3.05) is 0 Å². The lowest BCUT2D eigenvalue weighted by molar-refractivity contribution is 1.33. The summed E-state index contributed by atoms with van der Waals surface area (Å²) < 4.78 is 0. The molecule has 0 N–H and O–H groups in total. The highest BCUT2D eigenvalue weighted by molar-refractivity contribution is 6.26. The molecule has 1 aromatic heterocycles. The summed E-state index contributed by atoms with van der Waals surface area (Å²) in [5.41, 5.74) is 6.72. The van der Waals surface area contributed by atoms with Crippen molar-refractivity contribution in [3.05, 3.63) is 164 Å². The smallest absolute Gasteiger partial charge is 0.0715 e. The number of hydrogen-bond donors (Lipinski definition) is 0. The minimum Gasteiger partial charge on any atom is -0.248 e. The van der Waals surface area contributed by atoms with Crippen LogP contribution in [0, 0.1) is 0 Å². The van der Waals surface area contributed by atoms with E-state index in [0.29, 0.717) is 0 Å². The molecule has 44 heavy (non-hydrogen) atoms. The van der Waals surface area contributed by atoms with Crippen molar-refractivity contribution in [3.8, 4) is 33.6 Å². The van der Waals surface area contributed by atoms with Gasteiger partial charge in [-0.2, -0.15) is 0 Å². The summed E-state index contributed by atoms with van der Waals surface area (Å²) in [6, 6.07) is 59.2. The maximum absolute atomic E-state index is 5.18. The van der Waals surface area contributed by atoms with Crippen LogP contribution in [-0.2, 0) is 0 Å². The molecule has 204 valence electrons. The van der Waals surface area contributed by atoms with Gasteiger partial charge in [0, 0.05) is 11.1 Å². The first-order valence-electron chi connectivity index (χ1n) is 15.1. The van der Waals surface area contributed by atoms with Crippen LogP contribution in [0.5, 0.6) is 0 Å². The summed E-state index contributed by atoms with van der Waals surface area (Å²) in [6.07, 6.45) is 0. The van der Waals surface area contributed by atoms with Gasteiger partial charge in [-0.1, -0.05) is 133 Å². The number of aromatic nitrogens is 1. The van der Waals surface area contributed by atoms with Gasteiger partial charge in [-0.05, 0) is 95.3 Å². The highest BCUT2D eigenvalue weighted by Gasteiger charge is 2.13. The molecule has 0 radical (unpaired) electrons. The molecule has 0 amide bonds. The molecule has 0 aliphatic carbocycles. The molecule has 8 aromatic carbocycles. The average molecular weight is 558 g/mol. The van der Waals surface area contributed by atoms with Crippen molar-refractivity contribution in [1.29, 1.82) is 0 Å². The summed E-state index contributed by atoms with van der Waals surface area (Å²) in [7, 11) is 0. The fraction of sp³-hybridized carbons (Fsp3) is 0. The second-order valence-electron chi connectivity index (χ2n) is 11.6. The van der Waals surface area contributed by atoms with Gasteiger partial charge in [-0.25, -0.2) is 4.98 Å². The fourth-order valence-corrected chi connectivity index (χ4v) is 6.86. The van der Waals surface area contributed by atoms with E-state index in [1.165, 1.54) is 65.0 Å². The normalized spacial score (nSPS) is 11.6. The van der Waals surface area contributed by atoms with Gasteiger partial charge in [0.1, 0.15) is 0 Å². The van der Waals surface area contributed by atoms with Gasteiger partial charge in [0.25, 0.3) is 0 Å². The van der Waals surface area contributed by atoms with Crippen molar-refractivity contribution in [2.24, 2.45) is 0 Å². The Morgan fingerprint density at radius 3 is 1.59 bits per heavy atom. The van der Waals surface area contributed by atoms with E-state index >= 15 is 0 Å². The molecule has 0 aliphatic rings. The first kappa shape index (κ1) is 24.8. The number of nitrogens with zero attached hydrogens (tertiary/aromatic N) is 1. The Balaban J connectivity index is 1.21. The number of fused-ring (bicyclic) bond motifs is 8. The number of pyridine rings is 1. The number of benzene rings is 8. The lowest BCUT2D eigenvalue weighted by atomic mass is 9.90. The summed E-state index contributed by atoms with van der Waals surface area (Å²) >= 11 is 0. The predicted molar refractivity (Wildman–Crippen MR) is 188 cm³/mol. The molecular weight excluding hydrogens is 530 g/mol. The molecule has 0 aliphatic heterocycles. The molecule has 0 atom stereocenters. The quantitative estimate of drug-likeness (QED) is 0.197. The third-order valence-corrected chi connectivity index (χ3v) is 9.03. The Kier molecular flexibility index (Phi) is 5.57. The Hall–Kier alpha value is -5.79. The Morgan fingerprint density at radius 1 is 0.273 bits per heavy atom. The van der Waals surface area contributed by atoms with E-state index in [0.717, 1.165) is 22.5 Å². The molecule has 0 unspecified atom stereocenters. The van der Waals surface area contributed by atoms with E-state index < -0.39 is 0 Å². The Labute approximate surface area is 255 Å². The summed E-state index contributed by atoms with van der Waals surface area (Å²) in [5, 5.41) is 12.6. The molecule has 9 aromatic rings. The van der Waals surface area contributed by atoms with Gasteiger partial charge >= 0.3 is 0 Å². The molecular formula is C43H27N. The predicted octanol–water partition coefficient (Wildman–Crippen LogP) is 11.8. The summed E-state index contributed by atoms with van der Waals surface area (Å²) in [6.45, 7) is 0. The summed E-state index contributed by atoms with van der Waals surface area (Å²) in [4.78, 5) is 5.18. The molecule has 1 nitrogen and oxygen atoms in total. The molecule has 1 heterocycles. The average Bonchev–Trinajstić information content (AvgIpc) is 3.11. The van der Waals surface area contributed by atoms with Crippen LogP contribution in [-0.4, -0.2) is 4.98 Å². The number of hydrogen-bond acceptors (Lipinski definition) is 1. The zero-order valence-electron chi connectivity index (χ0n) is 24.0. The third-order valence-electron chi connectivity index (χ3n) is 9.03. The second kappa shape index (κ2) is 9.90. The zero-order chi connectivity index (χ0) is 29.0. The Morgan fingerprint density at radius 2 is 0.795 bits per heavy atom. The molecule has 1 heteroatoms. The monoisotopic (exact) mass is 557 g/mol. The van der Waals surface area contributed by atoms with E-state index in [-0.39, 0.29) is 0 Å². The van der Waals surface area contributed by atoms with Crippen LogP contribution in [0.2, 0.25) is 0 Å². The SMILES string of the molecule is c1cc(-c2ccc3c4ccc(-c5ccc6ccccc6c5)cc4c4ccccc4c3c2)nc(-c2cccc3ccccc23)c1. The maximum Gasteiger partial charge on any atom is 0.0715 e. The highest BCUT2D eigenvalue weighted by atomic mass is 14.7. The van der Waals surface area contributed by atoms with Crippen LogP contribution in [0.3, 0.4) is 0 Å². The van der Waals surface area contributed by atoms with Gasteiger partial charge < -0.3 is 0 Å². The van der Waals surface area contributed by atoms with E-state index in [1.54, 1.807) is 0 Å². The van der Waals surface area contributed by atoms with Gasteiger partial charge in [0.15, 0.2) is 0 Å². The van der Waals surface area contributed by atoms with E-state index in [4.69, 9.17) is 4.98 Å². The molecule has 0 saturated carbocycles. The van der Waals surface area contributed by atoms with Gasteiger partial charge in [-0.3, -0.25) is 0 Å². The maximum atomic E-state index is 5.18. The van der Waals surface area contributed by atoms with Crippen molar-refractivity contribution < 1.29 is 0 Å². The first-order chi connectivity index (χ1) is 21.8. The van der Waals surface area contributed by atoms with E-state index in [1.807, 2.05) is 0 Å². The molecule has 0 bridgehead atoms. The van der Waals surface area contributed by atoms with E-state index in [9.17, 15) is 0 Å². The fourth-order valence-electron chi connectivity index (χ4n) is 6.86. The van der Waals surface area contributed by atoms with Gasteiger partial charge in [0.05, 0.1) is 11.4 Å². The third kappa shape index (κ3) is 3.98. The molecule has 0 spiro atoms. The lowest BCUT2D eigenvalue weighted by Gasteiger charge is -2.14. The van der Waals surface area contributed by atoms with Gasteiger partial charge in [0.2, 0.25) is 0 Å². The molecule has 0 saturated heterocycles. The summed E-state index contributed by atoms with van der Waals surface area (Å²) in [5.74, 6) is 0. The van der Waals surface area contributed by atoms with E-state index in [2.05, 4.69) is 164 Å². The zero-order valence-corrected chi connectivity index (χ0v) is 24.0. The van der Waals surface area contributed by atoms with Crippen LogP contribution in [0.1, 0.15) is 0 Å². The number of rotatable bonds is 3. The minimum atomic E-state index is 0.980. The van der Waals surface area contributed by atoms with Crippen LogP contribution in [0.4, 0.5) is 0 Å². The standard InChI is InChI=1S/C43H27N/c1-2-11-30-25-31(20-19-28(30)9-1)32-21-23-37-38-24-22-33(27-41(38)36-15-6-5-14-35(36)40(37)26-32)42-17-8-18-43(44-42)39-16-7-12-29-10-3-4-13-34(29)39/h1-27H. The van der Waals surface area contributed by atoms with Crippen molar-refractivity contribution in [3.63, 3.8) is 0 Å². The van der Waals surface area contributed by atoms with Crippen molar-refractivity contribution >= 4 is 53.9 Å². The van der Waals surface area contributed by atoms with Crippen LogP contribution < -0.4 is 0 Å². The topological polar surface area (TPSA) is 12.9 Å². The Bertz CT molecular complexity index is 2530. The lowest BCUT2D eigenvalue weighted by Crippen LogP contribution is -1.90. The van der Waals surface area contributed by atoms with Gasteiger partial charge in [-0.15, -0.1) is 0 Å².